The fourth-order valence-corrected chi connectivity index (χ4v) is 3.41. The zero-order chi connectivity index (χ0) is 19.3. The Morgan fingerprint density at radius 3 is 2.30 bits per heavy atom. The lowest BCUT2D eigenvalue weighted by molar-refractivity contribution is 0.187. The first-order valence-electron chi connectivity index (χ1n) is 8.04. The number of amides is 1. The SMILES string of the molecule is COC(=O)Nc1ccc(S(=O)(=O)NCc2ccc(-c3ccoc3)cc2)cc1. The van der Waals surface area contributed by atoms with E-state index in [1.54, 1.807) is 12.5 Å². The number of anilines is 1. The Bertz CT molecular complexity index is 995. The number of nitrogens with one attached hydrogen (secondary N) is 2. The van der Waals surface area contributed by atoms with Gasteiger partial charge >= 0.3 is 6.09 Å². The van der Waals surface area contributed by atoms with Gasteiger partial charge in [0.2, 0.25) is 10.0 Å². The maximum atomic E-state index is 12.4. The zero-order valence-corrected chi connectivity index (χ0v) is 15.3. The second-order valence-corrected chi connectivity index (χ2v) is 7.44. The van der Waals surface area contributed by atoms with Crippen molar-refractivity contribution in [1.82, 2.24) is 4.72 Å². The summed E-state index contributed by atoms with van der Waals surface area (Å²) in [6.07, 6.45) is 2.63. The molecule has 3 aromatic rings. The molecule has 0 saturated heterocycles. The lowest BCUT2D eigenvalue weighted by atomic mass is 10.1. The molecule has 0 spiro atoms. The molecule has 7 nitrogen and oxygen atoms in total. The van der Waals surface area contributed by atoms with Crippen molar-refractivity contribution >= 4 is 21.8 Å². The summed E-state index contributed by atoms with van der Waals surface area (Å²) in [7, 11) is -2.42. The maximum Gasteiger partial charge on any atom is 0.411 e. The Balaban J connectivity index is 1.63. The summed E-state index contributed by atoms with van der Waals surface area (Å²) in [6.45, 7) is 0.163. The van der Waals surface area contributed by atoms with Crippen LogP contribution in [0.4, 0.5) is 10.5 Å². The maximum absolute atomic E-state index is 12.4. The monoisotopic (exact) mass is 386 g/mol. The molecule has 0 aliphatic rings. The van der Waals surface area contributed by atoms with Crippen LogP contribution < -0.4 is 10.0 Å². The van der Waals surface area contributed by atoms with Gasteiger partial charge in [-0.3, -0.25) is 5.32 Å². The van der Waals surface area contributed by atoms with Crippen molar-refractivity contribution in [2.45, 2.75) is 11.4 Å². The van der Waals surface area contributed by atoms with Gasteiger partial charge in [0.05, 0.1) is 24.5 Å². The molecule has 0 aliphatic heterocycles. The highest BCUT2D eigenvalue weighted by Gasteiger charge is 2.14. The summed E-state index contributed by atoms with van der Waals surface area (Å²) in [4.78, 5) is 11.3. The Hall–Kier alpha value is -3.10. The highest BCUT2D eigenvalue weighted by atomic mass is 32.2. The Morgan fingerprint density at radius 1 is 1.00 bits per heavy atom. The van der Waals surface area contributed by atoms with E-state index in [2.05, 4.69) is 14.8 Å². The summed E-state index contributed by atoms with van der Waals surface area (Å²) >= 11 is 0. The highest BCUT2D eigenvalue weighted by Crippen LogP contribution is 2.20. The number of hydrogen-bond donors (Lipinski definition) is 2. The van der Waals surface area contributed by atoms with Gasteiger partial charge in [-0.15, -0.1) is 0 Å². The van der Waals surface area contributed by atoms with Crippen molar-refractivity contribution in [2.24, 2.45) is 0 Å². The third kappa shape index (κ3) is 4.75. The van der Waals surface area contributed by atoms with Crippen LogP contribution in [0.1, 0.15) is 5.56 Å². The third-order valence-electron chi connectivity index (χ3n) is 3.87. The van der Waals surface area contributed by atoms with Crippen molar-refractivity contribution < 1.29 is 22.4 Å². The van der Waals surface area contributed by atoms with Crippen LogP contribution in [-0.2, 0) is 21.3 Å². The summed E-state index contributed by atoms with van der Waals surface area (Å²) in [5, 5.41) is 2.46. The standard InChI is InChI=1S/C19H18N2O5S/c1-25-19(22)21-17-6-8-18(9-7-17)27(23,24)20-12-14-2-4-15(5-3-14)16-10-11-26-13-16/h2-11,13,20H,12H2,1H3,(H,21,22). The van der Waals surface area contributed by atoms with Gasteiger partial charge in [-0.05, 0) is 41.5 Å². The molecule has 0 fully saturated rings. The van der Waals surface area contributed by atoms with Crippen LogP contribution in [0.25, 0.3) is 11.1 Å². The van der Waals surface area contributed by atoms with Crippen LogP contribution in [0, 0.1) is 0 Å². The first-order valence-corrected chi connectivity index (χ1v) is 9.52. The van der Waals surface area contributed by atoms with Crippen LogP contribution in [0.3, 0.4) is 0 Å². The Labute approximate surface area is 157 Å². The Kier molecular flexibility index (Phi) is 5.58. The summed E-state index contributed by atoms with van der Waals surface area (Å²) in [6, 6.07) is 15.2. The number of rotatable bonds is 6. The van der Waals surface area contributed by atoms with Crippen LogP contribution in [-0.4, -0.2) is 21.6 Å². The molecule has 0 saturated carbocycles. The predicted molar refractivity (Wildman–Crippen MR) is 101 cm³/mol. The number of hydrogen-bond acceptors (Lipinski definition) is 5. The Morgan fingerprint density at radius 2 is 1.70 bits per heavy atom. The number of ether oxygens (including phenoxy) is 1. The van der Waals surface area contributed by atoms with E-state index in [9.17, 15) is 13.2 Å². The minimum absolute atomic E-state index is 0.105. The number of sulfonamides is 1. The van der Waals surface area contributed by atoms with E-state index in [1.807, 2.05) is 30.3 Å². The van der Waals surface area contributed by atoms with Crippen LogP contribution in [0.5, 0.6) is 0 Å². The minimum atomic E-state index is -3.67. The minimum Gasteiger partial charge on any atom is -0.472 e. The topological polar surface area (TPSA) is 97.6 Å². The van der Waals surface area contributed by atoms with E-state index in [4.69, 9.17) is 4.42 Å². The predicted octanol–water partition coefficient (Wildman–Crippen LogP) is 3.60. The lowest BCUT2D eigenvalue weighted by Crippen LogP contribution is -2.23. The molecular formula is C19H18N2O5S. The number of benzene rings is 2. The molecule has 1 heterocycles. The zero-order valence-electron chi connectivity index (χ0n) is 14.5. The second-order valence-electron chi connectivity index (χ2n) is 5.67. The summed E-state index contributed by atoms with van der Waals surface area (Å²) < 4.78 is 36.9. The smallest absolute Gasteiger partial charge is 0.411 e. The fraction of sp³-hybridized carbons (Fsp3) is 0.105. The summed E-state index contributed by atoms with van der Waals surface area (Å²) in [5.74, 6) is 0. The van der Waals surface area contributed by atoms with E-state index in [0.717, 1.165) is 16.7 Å². The molecule has 8 heteroatoms. The molecule has 0 atom stereocenters. The molecule has 3 rings (SSSR count). The van der Waals surface area contributed by atoms with E-state index in [0.29, 0.717) is 5.69 Å². The van der Waals surface area contributed by atoms with E-state index < -0.39 is 16.1 Å². The van der Waals surface area contributed by atoms with Crippen molar-refractivity contribution in [3.63, 3.8) is 0 Å². The number of carbonyl (C=O) groups excluding carboxylic acids is 1. The quantitative estimate of drug-likeness (QED) is 0.674. The van der Waals surface area contributed by atoms with Gasteiger partial charge in [0.1, 0.15) is 0 Å². The van der Waals surface area contributed by atoms with Gasteiger partial charge in [-0.2, -0.15) is 0 Å². The van der Waals surface area contributed by atoms with Gasteiger partial charge < -0.3 is 9.15 Å². The molecule has 2 aromatic carbocycles. The second kappa shape index (κ2) is 8.07. The average molecular weight is 386 g/mol. The van der Waals surface area contributed by atoms with Crippen molar-refractivity contribution in [1.29, 1.82) is 0 Å². The average Bonchev–Trinajstić information content (AvgIpc) is 3.22. The van der Waals surface area contributed by atoms with Crippen molar-refractivity contribution in [3.05, 3.63) is 72.7 Å². The molecule has 2 N–H and O–H groups in total. The molecule has 0 bridgehead atoms. The van der Waals surface area contributed by atoms with Gasteiger partial charge in [-0.1, -0.05) is 24.3 Å². The van der Waals surface area contributed by atoms with Crippen LogP contribution in [0.2, 0.25) is 0 Å². The molecule has 1 aromatic heterocycles. The highest BCUT2D eigenvalue weighted by molar-refractivity contribution is 7.89. The van der Waals surface area contributed by atoms with Crippen LogP contribution in [0.15, 0.2) is 76.4 Å². The van der Waals surface area contributed by atoms with E-state index >= 15 is 0 Å². The van der Waals surface area contributed by atoms with Crippen molar-refractivity contribution in [2.75, 3.05) is 12.4 Å². The van der Waals surface area contributed by atoms with Gasteiger partial charge in [0.25, 0.3) is 0 Å². The number of furan rings is 1. The van der Waals surface area contributed by atoms with Gasteiger partial charge in [0.15, 0.2) is 0 Å². The molecule has 140 valence electrons. The molecular weight excluding hydrogens is 368 g/mol. The third-order valence-corrected chi connectivity index (χ3v) is 5.29. The first-order chi connectivity index (χ1) is 13.0. The van der Waals surface area contributed by atoms with Crippen molar-refractivity contribution in [3.8, 4) is 11.1 Å². The molecule has 27 heavy (non-hydrogen) atoms. The molecule has 0 aliphatic carbocycles. The molecule has 0 radical (unpaired) electrons. The van der Waals surface area contributed by atoms with E-state index in [-0.39, 0.29) is 11.4 Å². The van der Waals surface area contributed by atoms with Gasteiger partial charge in [-0.25, -0.2) is 17.9 Å². The largest absolute Gasteiger partial charge is 0.472 e. The van der Waals surface area contributed by atoms with Crippen LogP contribution >= 0.6 is 0 Å². The lowest BCUT2D eigenvalue weighted by Gasteiger charge is -2.09. The molecule has 0 unspecified atom stereocenters. The fourth-order valence-electron chi connectivity index (χ4n) is 2.39. The number of methoxy groups -OCH3 is 1. The number of carbonyl (C=O) groups is 1. The normalized spacial score (nSPS) is 11.1. The first kappa shape index (κ1) is 18.7. The molecule has 1 amide bonds. The summed E-state index contributed by atoms with van der Waals surface area (Å²) in [5.41, 5.74) is 3.22. The van der Waals surface area contributed by atoms with E-state index in [1.165, 1.54) is 31.4 Å². The van der Waals surface area contributed by atoms with Gasteiger partial charge in [0, 0.05) is 17.8 Å².